The van der Waals surface area contributed by atoms with Crippen molar-refractivity contribution in [3.05, 3.63) is 65.6 Å². The Morgan fingerprint density at radius 1 is 1.22 bits per heavy atom. The van der Waals surface area contributed by atoms with Crippen LogP contribution in [0.2, 0.25) is 0 Å². The molecule has 23 heavy (non-hydrogen) atoms. The van der Waals surface area contributed by atoms with Crippen molar-refractivity contribution >= 4 is 11.6 Å². The third kappa shape index (κ3) is 2.48. The van der Waals surface area contributed by atoms with Crippen molar-refractivity contribution in [3.8, 4) is 0 Å². The maximum absolute atomic E-state index is 12.6. The molecule has 1 aromatic carbocycles. The van der Waals surface area contributed by atoms with E-state index in [2.05, 4.69) is 27.5 Å². The summed E-state index contributed by atoms with van der Waals surface area (Å²) in [7, 11) is 0. The van der Waals surface area contributed by atoms with E-state index in [1.807, 2.05) is 37.4 Å². The third-order valence-electron chi connectivity index (χ3n) is 4.57. The van der Waals surface area contributed by atoms with Gasteiger partial charge < -0.3 is 5.32 Å². The van der Waals surface area contributed by atoms with E-state index < -0.39 is 0 Å². The predicted molar refractivity (Wildman–Crippen MR) is 87.4 cm³/mol. The van der Waals surface area contributed by atoms with Crippen LogP contribution >= 0.6 is 0 Å². The summed E-state index contributed by atoms with van der Waals surface area (Å²) in [6.45, 7) is 1.91. The van der Waals surface area contributed by atoms with Gasteiger partial charge >= 0.3 is 0 Å². The zero-order valence-corrected chi connectivity index (χ0v) is 12.9. The van der Waals surface area contributed by atoms with Gasteiger partial charge in [-0.05, 0) is 31.4 Å². The average molecular weight is 306 g/mol. The van der Waals surface area contributed by atoms with Gasteiger partial charge in [0.2, 0.25) is 0 Å². The first kappa shape index (κ1) is 13.9. The highest BCUT2D eigenvalue weighted by Crippen LogP contribution is 2.36. The summed E-state index contributed by atoms with van der Waals surface area (Å²) in [5.74, 6) is 0.306. The molecule has 1 aliphatic rings. The molecule has 1 fully saturated rings. The average Bonchev–Trinajstić information content (AvgIpc) is 2.95. The lowest BCUT2D eigenvalue weighted by Gasteiger charge is -2.37. The zero-order chi connectivity index (χ0) is 15.8. The number of aryl methyl sites for hydroxylation is 1. The smallest absolute Gasteiger partial charge is 0.257 e. The first-order chi connectivity index (χ1) is 11.2. The van der Waals surface area contributed by atoms with Crippen molar-refractivity contribution in [2.45, 2.75) is 31.7 Å². The number of hydrogen-bond donors (Lipinski definition) is 1. The molecule has 2 unspecified atom stereocenters. The molecule has 0 saturated heterocycles. The van der Waals surface area contributed by atoms with Gasteiger partial charge in [0.05, 0.1) is 6.20 Å². The van der Waals surface area contributed by atoms with Crippen LogP contribution in [0.4, 0.5) is 0 Å². The Balaban J connectivity index is 1.54. The molecule has 3 aromatic rings. The van der Waals surface area contributed by atoms with Gasteiger partial charge in [0, 0.05) is 23.9 Å². The maximum atomic E-state index is 12.6. The lowest BCUT2D eigenvalue weighted by atomic mass is 9.75. The number of carbonyl (C=O) groups is 1. The summed E-state index contributed by atoms with van der Waals surface area (Å²) >= 11 is 0. The van der Waals surface area contributed by atoms with Gasteiger partial charge in [0.25, 0.3) is 5.91 Å². The molecular formula is C18H18N4O. The van der Waals surface area contributed by atoms with Gasteiger partial charge in [0.1, 0.15) is 5.56 Å². The van der Waals surface area contributed by atoms with Crippen LogP contribution in [0, 0.1) is 6.92 Å². The highest BCUT2D eigenvalue weighted by molar-refractivity contribution is 5.99. The monoisotopic (exact) mass is 306 g/mol. The Labute approximate surface area is 134 Å². The lowest BCUT2D eigenvalue weighted by molar-refractivity contribution is 0.0906. The number of fused-ring (bicyclic) bond motifs is 1. The van der Waals surface area contributed by atoms with Crippen LogP contribution in [-0.2, 0) is 0 Å². The number of amides is 1. The van der Waals surface area contributed by atoms with E-state index in [0.717, 1.165) is 18.5 Å². The molecule has 1 amide bonds. The Bertz CT molecular complexity index is 856. The number of nitrogens with one attached hydrogen (secondary N) is 1. The number of hydrogen-bond acceptors (Lipinski definition) is 3. The summed E-state index contributed by atoms with van der Waals surface area (Å²) < 4.78 is 1.64. The summed E-state index contributed by atoms with van der Waals surface area (Å²) in [5, 5.41) is 7.35. The van der Waals surface area contributed by atoms with Crippen LogP contribution < -0.4 is 5.32 Å². The standard InChI is InChI=1S/C18H18N4O/c1-12-9-10-22-17(20-12)15(11-19-22)18(23)21-16-8-7-14(16)13-5-3-2-4-6-13/h2-6,9-11,14,16H,7-8H2,1H3,(H,21,23). The molecule has 1 aliphatic carbocycles. The van der Waals surface area contributed by atoms with Gasteiger partial charge in [-0.25, -0.2) is 9.50 Å². The van der Waals surface area contributed by atoms with Crippen molar-refractivity contribution < 1.29 is 4.79 Å². The van der Waals surface area contributed by atoms with E-state index in [0.29, 0.717) is 17.1 Å². The molecule has 0 bridgehead atoms. The Morgan fingerprint density at radius 3 is 2.78 bits per heavy atom. The normalized spacial score (nSPS) is 20.2. The molecule has 0 aliphatic heterocycles. The van der Waals surface area contributed by atoms with Crippen molar-refractivity contribution in [2.24, 2.45) is 0 Å². The number of carbonyl (C=O) groups excluding carboxylic acids is 1. The molecule has 5 nitrogen and oxygen atoms in total. The molecule has 1 saturated carbocycles. The van der Waals surface area contributed by atoms with Crippen LogP contribution in [0.25, 0.3) is 5.65 Å². The molecule has 116 valence electrons. The third-order valence-corrected chi connectivity index (χ3v) is 4.57. The van der Waals surface area contributed by atoms with E-state index in [4.69, 9.17) is 0 Å². The van der Waals surface area contributed by atoms with E-state index in [1.54, 1.807) is 10.7 Å². The second-order valence-corrected chi connectivity index (χ2v) is 6.07. The minimum Gasteiger partial charge on any atom is -0.349 e. The number of aromatic nitrogens is 3. The fourth-order valence-corrected chi connectivity index (χ4v) is 3.14. The molecular weight excluding hydrogens is 288 g/mol. The minimum absolute atomic E-state index is 0.0938. The van der Waals surface area contributed by atoms with Gasteiger partial charge in [-0.2, -0.15) is 5.10 Å². The second kappa shape index (κ2) is 5.50. The van der Waals surface area contributed by atoms with E-state index in [9.17, 15) is 4.79 Å². The minimum atomic E-state index is -0.0938. The molecule has 0 spiro atoms. The van der Waals surface area contributed by atoms with Crippen molar-refractivity contribution in [1.82, 2.24) is 19.9 Å². The number of nitrogens with zero attached hydrogens (tertiary/aromatic N) is 3. The molecule has 0 radical (unpaired) electrons. The molecule has 2 aromatic heterocycles. The van der Waals surface area contributed by atoms with Crippen LogP contribution in [0.5, 0.6) is 0 Å². The van der Waals surface area contributed by atoms with Crippen LogP contribution in [0.3, 0.4) is 0 Å². The second-order valence-electron chi connectivity index (χ2n) is 6.07. The Kier molecular flexibility index (Phi) is 3.33. The quantitative estimate of drug-likeness (QED) is 0.809. The zero-order valence-electron chi connectivity index (χ0n) is 12.9. The molecule has 2 heterocycles. The van der Waals surface area contributed by atoms with Crippen molar-refractivity contribution in [1.29, 1.82) is 0 Å². The van der Waals surface area contributed by atoms with Gasteiger partial charge in [-0.1, -0.05) is 30.3 Å². The topological polar surface area (TPSA) is 59.3 Å². The van der Waals surface area contributed by atoms with E-state index in [1.165, 1.54) is 5.56 Å². The largest absolute Gasteiger partial charge is 0.349 e. The van der Waals surface area contributed by atoms with Gasteiger partial charge in [-0.3, -0.25) is 4.79 Å². The molecule has 5 heteroatoms. The summed E-state index contributed by atoms with van der Waals surface area (Å²) in [6, 6.07) is 12.4. The first-order valence-corrected chi connectivity index (χ1v) is 7.89. The summed E-state index contributed by atoms with van der Waals surface area (Å²) in [5.41, 5.74) is 3.31. The maximum Gasteiger partial charge on any atom is 0.257 e. The SMILES string of the molecule is Cc1ccn2ncc(C(=O)NC3CCC3c3ccccc3)c2n1. The van der Waals surface area contributed by atoms with E-state index in [-0.39, 0.29) is 11.9 Å². The van der Waals surface area contributed by atoms with E-state index >= 15 is 0 Å². The van der Waals surface area contributed by atoms with Crippen LogP contribution in [0.1, 0.15) is 40.4 Å². The van der Waals surface area contributed by atoms with Crippen molar-refractivity contribution in [3.63, 3.8) is 0 Å². The molecule has 2 atom stereocenters. The summed E-state index contributed by atoms with van der Waals surface area (Å²) in [6.07, 6.45) is 5.54. The number of benzene rings is 1. The van der Waals surface area contributed by atoms with Crippen LogP contribution in [-0.4, -0.2) is 26.5 Å². The first-order valence-electron chi connectivity index (χ1n) is 7.89. The molecule has 1 N–H and O–H groups in total. The predicted octanol–water partition coefficient (Wildman–Crippen LogP) is 2.71. The fraction of sp³-hybridized carbons (Fsp3) is 0.278. The van der Waals surface area contributed by atoms with Crippen molar-refractivity contribution in [2.75, 3.05) is 0 Å². The number of rotatable bonds is 3. The lowest BCUT2D eigenvalue weighted by Crippen LogP contribution is -2.45. The molecule has 4 rings (SSSR count). The Morgan fingerprint density at radius 2 is 2.04 bits per heavy atom. The van der Waals surface area contributed by atoms with Gasteiger partial charge in [0.15, 0.2) is 5.65 Å². The van der Waals surface area contributed by atoms with Crippen LogP contribution in [0.15, 0.2) is 48.8 Å². The van der Waals surface area contributed by atoms with Gasteiger partial charge in [-0.15, -0.1) is 0 Å². The fourth-order valence-electron chi connectivity index (χ4n) is 3.14. The Hall–Kier alpha value is -2.69. The highest BCUT2D eigenvalue weighted by Gasteiger charge is 2.33. The highest BCUT2D eigenvalue weighted by atomic mass is 16.1. The summed E-state index contributed by atoms with van der Waals surface area (Å²) in [4.78, 5) is 17.0.